The summed E-state index contributed by atoms with van der Waals surface area (Å²) in [5, 5.41) is 0. The van der Waals surface area contributed by atoms with Crippen LogP contribution in [0, 0.1) is 0 Å². The van der Waals surface area contributed by atoms with E-state index in [0.717, 1.165) is 0 Å². The fourth-order valence-electron chi connectivity index (χ4n) is 0. The van der Waals surface area contributed by atoms with E-state index in [1.807, 2.05) is 0 Å². The van der Waals surface area contributed by atoms with Crippen molar-refractivity contribution in [1.82, 2.24) is 0 Å². The summed E-state index contributed by atoms with van der Waals surface area (Å²) in [6.07, 6.45) is 0. The number of hydrogen-bond acceptors (Lipinski definition) is 0. The molecule has 0 nitrogen and oxygen atoms in total. The SMILES string of the molecule is [CaH2].[MgH2].[SrH2].[Zn]. The summed E-state index contributed by atoms with van der Waals surface area (Å²) in [5.74, 6) is 0. The molecule has 0 aliphatic rings. The second-order valence-corrected chi connectivity index (χ2v) is 0. The first-order chi connectivity index (χ1) is 0. The molecular formula is H6CaMgSrZn. The predicted octanol–water partition coefficient (Wildman–Crippen LogP) is -2.75. The van der Waals surface area contributed by atoms with Crippen LogP contribution in [-0.2, 0) is 19.5 Å². The Morgan fingerprint density at radius 2 is 1.00 bits per heavy atom. The van der Waals surface area contributed by atoms with Gasteiger partial charge in [0.25, 0.3) is 0 Å². The largest absolute Gasteiger partial charge is 0 e. The van der Waals surface area contributed by atoms with E-state index in [4.69, 9.17) is 0 Å². The fraction of sp³-hybridized carbons (Fsp3) is 0. The van der Waals surface area contributed by atoms with E-state index < -0.39 is 0 Å². The maximum absolute atomic E-state index is 0. The molecule has 0 N–H and O–H groups in total. The van der Waals surface area contributed by atoms with Gasteiger partial charge in [-0.2, -0.15) is 0 Å². The van der Waals surface area contributed by atoms with Crippen LogP contribution in [-0.4, -0.2) is 106 Å². The van der Waals surface area contributed by atoms with Gasteiger partial charge >= 0.3 is 106 Å². The van der Waals surface area contributed by atoms with Crippen molar-refractivity contribution < 1.29 is 19.5 Å². The molecule has 0 aromatic carbocycles. The summed E-state index contributed by atoms with van der Waals surface area (Å²) < 4.78 is 0. The number of rotatable bonds is 0. The molecule has 4 heavy (non-hydrogen) atoms. The molecule has 0 fully saturated rings. The first-order valence-corrected chi connectivity index (χ1v) is 0. The number of hydrogen-bond donors (Lipinski definition) is 0. The topological polar surface area (TPSA) is 0 Å². The first kappa shape index (κ1) is 24.2. The normalized spacial score (nSPS) is 0. The molecule has 0 amide bonds. The molecule has 0 radical (unpaired) electrons. The van der Waals surface area contributed by atoms with E-state index in [1.165, 1.54) is 0 Å². The summed E-state index contributed by atoms with van der Waals surface area (Å²) in [4.78, 5) is 0. The summed E-state index contributed by atoms with van der Waals surface area (Å²) in [6, 6.07) is 0. The van der Waals surface area contributed by atoms with Gasteiger partial charge in [-0.3, -0.25) is 0 Å². The molecule has 0 saturated carbocycles. The van der Waals surface area contributed by atoms with Crippen LogP contribution in [0.15, 0.2) is 0 Å². The van der Waals surface area contributed by atoms with Gasteiger partial charge in [-0.25, -0.2) is 0 Å². The van der Waals surface area contributed by atoms with Gasteiger partial charge < -0.3 is 0 Å². The molecule has 14 valence electrons. The van der Waals surface area contributed by atoms with Crippen LogP contribution in [0.4, 0.5) is 0 Å². The molecule has 0 unspecified atom stereocenters. The summed E-state index contributed by atoms with van der Waals surface area (Å²) in [5.41, 5.74) is 0. The zero-order chi connectivity index (χ0) is 0. The Bertz CT molecular complexity index is 8.00. The van der Waals surface area contributed by atoms with E-state index in [0.29, 0.717) is 0 Å². The average molecular weight is 223 g/mol. The minimum absolute atomic E-state index is 0. The first-order valence-electron chi connectivity index (χ1n) is 0. The van der Waals surface area contributed by atoms with Crippen molar-refractivity contribution in [3.8, 4) is 0 Å². The van der Waals surface area contributed by atoms with Crippen molar-refractivity contribution >= 4 is 106 Å². The fourth-order valence-corrected chi connectivity index (χ4v) is 0. The molecule has 0 aromatic heterocycles. The van der Waals surface area contributed by atoms with Crippen LogP contribution >= 0.6 is 0 Å². The van der Waals surface area contributed by atoms with Crippen LogP contribution in [0.3, 0.4) is 0 Å². The second kappa shape index (κ2) is 15.7. The molecule has 0 atom stereocenters. The van der Waals surface area contributed by atoms with Crippen LogP contribution in [0.1, 0.15) is 0 Å². The Hall–Kier alpha value is 4.13. The standard InChI is InChI=1S/Ca.Mg.Sr.Zn.6H. The van der Waals surface area contributed by atoms with Crippen molar-refractivity contribution in [3.05, 3.63) is 0 Å². The van der Waals surface area contributed by atoms with E-state index >= 15 is 0 Å². The van der Waals surface area contributed by atoms with Gasteiger partial charge in [0.1, 0.15) is 0 Å². The molecule has 0 rings (SSSR count). The smallest absolute Gasteiger partial charge is 0 e. The monoisotopic (exact) mass is 222 g/mol. The Balaban J connectivity index is 0. The van der Waals surface area contributed by atoms with Gasteiger partial charge in [-0.15, -0.1) is 0 Å². The molecule has 0 aliphatic heterocycles. The van der Waals surface area contributed by atoms with E-state index in [-0.39, 0.29) is 126 Å². The van der Waals surface area contributed by atoms with E-state index in [9.17, 15) is 0 Å². The average Bonchev–Trinajstić information content (AvgIpc) is 0. The third-order valence-corrected chi connectivity index (χ3v) is 0. The minimum Gasteiger partial charge on any atom is 0 e. The zero-order valence-corrected chi connectivity index (χ0v) is 3.67. The molecule has 0 heterocycles. The molecule has 0 bridgehead atoms. The maximum atomic E-state index is 0. The Labute approximate surface area is 122 Å². The van der Waals surface area contributed by atoms with Crippen LogP contribution in [0.5, 0.6) is 0 Å². The summed E-state index contributed by atoms with van der Waals surface area (Å²) in [7, 11) is 0. The maximum Gasteiger partial charge on any atom is 0 e. The van der Waals surface area contributed by atoms with Crippen LogP contribution < -0.4 is 0 Å². The summed E-state index contributed by atoms with van der Waals surface area (Å²) >= 11 is 0. The third kappa shape index (κ3) is 9.46. The Kier molecular flexibility index (Phi) is 95.2. The van der Waals surface area contributed by atoms with Gasteiger partial charge in [0.2, 0.25) is 0 Å². The molecule has 0 aromatic rings. The zero-order valence-electron chi connectivity index (χ0n) is 0.707. The molecule has 4 heteroatoms. The molecule has 0 saturated heterocycles. The van der Waals surface area contributed by atoms with Crippen LogP contribution in [0.2, 0.25) is 0 Å². The molecular weight excluding hydrogens is 217 g/mol. The van der Waals surface area contributed by atoms with Gasteiger partial charge in [0, 0.05) is 19.5 Å². The van der Waals surface area contributed by atoms with Crippen molar-refractivity contribution in [3.63, 3.8) is 0 Å². The van der Waals surface area contributed by atoms with Crippen molar-refractivity contribution in [2.45, 2.75) is 0 Å². The van der Waals surface area contributed by atoms with Crippen molar-refractivity contribution in [2.75, 3.05) is 0 Å². The van der Waals surface area contributed by atoms with Gasteiger partial charge in [0.15, 0.2) is 0 Å². The van der Waals surface area contributed by atoms with Gasteiger partial charge in [0.05, 0.1) is 0 Å². The quantitative estimate of drug-likeness (QED) is 0.391. The van der Waals surface area contributed by atoms with Gasteiger partial charge in [-0.1, -0.05) is 0 Å². The Morgan fingerprint density at radius 1 is 1.00 bits per heavy atom. The second-order valence-electron chi connectivity index (χ2n) is 0. The van der Waals surface area contributed by atoms with E-state index in [1.54, 1.807) is 0 Å². The van der Waals surface area contributed by atoms with Gasteiger partial charge in [-0.05, 0) is 0 Å². The molecule has 0 spiro atoms. The van der Waals surface area contributed by atoms with Crippen LogP contribution in [0.25, 0.3) is 0 Å². The van der Waals surface area contributed by atoms with Crippen molar-refractivity contribution in [1.29, 1.82) is 0 Å². The Morgan fingerprint density at radius 3 is 1.00 bits per heavy atom. The van der Waals surface area contributed by atoms with E-state index in [2.05, 4.69) is 0 Å². The summed E-state index contributed by atoms with van der Waals surface area (Å²) in [6.45, 7) is 0. The molecule has 0 aliphatic carbocycles. The van der Waals surface area contributed by atoms with Crippen molar-refractivity contribution in [2.24, 2.45) is 0 Å². The minimum atomic E-state index is 0. The predicted molar refractivity (Wildman–Crippen MR) is 25.6 cm³/mol. The third-order valence-electron chi connectivity index (χ3n) is 0.